The standard InChI is InChI=1S/C29H39N3O4/c1-21(2)36-29(34)32-17-13-23(14-18-32)20-35-26-11-9-25(10-12-26)24-7-5-22(6-8-24)19-27(30)28(33)31-15-3-4-16-31/h5-12,21,23,27H,3-4,13-20,30H2,1-2H3. The van der Waals surface area contributed by atoms with Gasteiger partial charge in [0.05, 0.1) is 18.8 Å². The second-order valence-electron chi connectivity index (χ2n) is 10.2. The third-order valence-electron chi connectivity index (χ3n) is 7.03. The first-order chi connectivity index (χ1) is 17.4. The van der Waals surface area contributed by atoms with Crippen LogP contribution in [0.2, 0.25) is 0 Å². The molecule has 194 valence electrons. The number of hydrogen-bond acceptors (Lipinski definition) is 5. The Morgan fingerprint density at radius 3 is 2.06 bits per heavy atom. The van der Waals surface area contributed by atoms with Crippen LogP contribution in [0.25, 0.3) is 11.1 Å². The zero-order valence-corrected chi connectivity index (χ0v) is 21.5. The van der Waals surface area contributed by atoms with Gasteiger partial charge in [0.1, 0.15) is 5.75 Å². The lowest BCUT2D eigenvalue weighted by atomic mass is 9.98. The summed E-state index contributed by atoms with van der Waals surface area (Å²) in [6.07, 6.45) is 4.25. The SMILES string of the molecule is CC(C)OC(=O)N1CCC(COc2ccc(-c3ccc(CC(N)C(=O)N4CCCC4)cc3)cc2)CC1. The van der Waals surface area contributed by atoms with Crippen LogP contribution in [-0.2, 0) is 16.0 Å². The number of rotatable bonds is 8. The normalized spacial score (nSPS) is 17.3. The predicted molar refractivity (Wildman–Crippen MR) is 141 cm³/mol. The quantitative estimate of drug-likeness (QED) is 0.586. The maximum Gasteiger partial charge on any atom is 0.410 e. The van der Waals surface area contributed by atoms with Crippen LogP contribution in [0.5, 0.6) is 5.75 Å². The maximum absolute atomic E-state index is 12.5. The first-order valence-corrected chi connectivity index (χ1v) is 13.2. The number of nitrogens with two attached hydrogens (primary N) is 1. The fourth-order valence-electron chi connectivity index (χ4n) is 4.86. The Morgan fingerprint density at radius 2 is 1.47 bits per heavy atom. The van der Waals surface area contributed by atoms with E-state index in [9.17, 15) is 9.59 Å². The van der Waals surface area contributed by atoms with Crippen LogP contribution in [0.1, 0.15) is 45.1 Å². The van der Waals surface area contributed by atoms with Crippen LogP contribution >= 0.6 is 0 Å². The summed E-state index contributed by atoms with van der Waals surface area (Å²) in [4.78, 5) is 28.2. The van der Waals surface area contributed by atoms with Crippen LogP contribution in [0.15, 0.2) is 48.5 Å². The van der Waals surface area contributed by atoms with Gasteiger partial charge in [0.25, 0.3) is 0 Å². The minimum atomic E-state index is -0.480. The molecule has 1 atom stereocenters. The van der Waals surface area contributed by atoms with Gasteiger partial charge in [-0.25, -0.2) is 4.79 Å². The van der Waals surface area contributed by atoms with Gasteiger partial charge in [0.15, 0.2) is 0 Å². The van der Waals surface area contributed by atoms with Crippen LogP contribution < -0.4 is 10.5 Å². The average Bonchev–Trinajstić information content (AvgIpc) is 3.43. The third-order valence-corrected chi connectivity index (χ3v) is 7.03. The molecule has 0 radical (unpaired) electrons. The topological polar surface area (TPSA) is 85.1 Å². The first-order valence-electron chi connectivity index (χ1n) is 13.2. The van der Waals surface area contributed by atoms with Crippen molar-refractivity contribution < 1.29 is 19.1 Å². The van der Waals surface area contributed by atoms with E-state index in [1.54, 1.807) is 4.90 Å². The monoisotopic (exact) mass is 493 g/mol. The van der Waals surface area contributed by atoms with Crippen LogP contribution in [-0.4, -0.2) is 66.7 Å². The fourth-order valence-corrected chi connectivity index (χ4v) is 4.86. The molecule has 2 N–H and O–H groups in total. The Morgan fingerprint density at radius 1 is 0.889 bits per heavy atom. The van der Waals surface area contributed by atoms with Gasteiger partial charge in [-0.1, -0.05) is 36.4 Å². The molecule has 0 aliphatic carbocycles. The highest BCUT2D eigenvalue weighted by Crippen LogP contribution is 2.25. The van der Waals surface area contributed by atoms with E-state index in [0.717, 1.165) is 61.2 Å². The number of ether oxygens (including phenoxy) is 2. The lowest BCUT2D eigenvalue weighted by molar-refractivity contribution is -0.131. The average molecular weight is 494 g/mol. The summed E-state index contributed by atoms with van der Waals surface area (Å²) >= 11 is 0. The number of benzene rings is 2. The van der Waals surface area contributed by atoms with Gasteiger partial charge in [-0.3, -0.25) is 4.79 Å². The smallest absolute Gasteiger partial charge is 0.410 e. The van der Waals surface area contributed by atoms with Crippen LogP contribution in [0, 0.1) is 5.92 Å². The molecular weight excluding hydrogens is 454 g/mol. The van der Waals surface area contributed by atoms with E-state index >= 15 is 0 Å². The van der Waals surface area contributed by atoms with E-state index in [0.29, 0.717) is 32.0 Å². The number of amides is 2. The second-order valence-corrected chi connectivity index (χ2v) is 10.2. The van der Waals surface area contributed by atoms with Crippen molar-refractivity contribution >= 4 is 12.0 Å². The van der Waals surface area contributed by atoms with E-state index in [2.05, 4.69) is 36.4 Å². The molecule has 4 rings (SSSR count). The predicted octanol–water partition coefficient (Wildman–Crippen LogP) is 4.48. The van der Waals surface area contributed by atoms with Crippen molar-refractivity contribution in [1.29, 1.82) is 0 Å². The van der Waals surface area contributed by atoms with Crippen molar-refractivity contribution in [2.45, 2.75) is 58.1 Å². The highest BCUT2D eigenvalue weighted by atomic mass is 16.6. The molecular formula is C29H39N3O4. The second kappa shape index (κ2) is 12.3. The fraction of sp³-hybridized carbons (Fsp3) is 0.517. The number of likely N-dealkylation sites (tertiary alicyclic amines) is 2. The molecule has 0 aromatic heterocycles. The Kier molecular flexibility index (Phi) is 8.86. The van der Waals surface area contributed by atoms with Gasteiger partial charge in [0.2, 0.25) is 5.91 Å². The highest BCUT2D eigenvalue weighted by molar-refractivity contribution is 5.82. The molecule has 2 fully saturated rings. The lowest BCUT2D eigenvalue weighted by Gasteiger charge is -2.31. The number of nitrogens with zero attached hydrogens (tertiary/aromatic N) is 2. The number of piperidine rings is 1. The van der Waals surface area contributed by atoms with Gasteiger partial charge in [-0.15, -0.1) is 0 Å². The summed E-state index contributed by atoms with van der Waals surface area (Å²) in [6.45, 7) is 7.48. The molecule has 2 saturated heterocycles. The minimum absolute atomic E-state index is 0.0614. The summed E-state index contributed by atoms with van der Waals surface area (Å²) in [5.74, 6) is 1.35. The molecule has 1 unspecified atom stereocenters. The van der Waals surface area contributed by atoms with Gasteiger partial charge in [-0.2, -0.15) is 0 Å². The molecule has 0 spiro atoms. The van der Waals surface area contributed by atoms with Gasteiger partial charge < -0.3 is 25.0 Å². The molecule has 7 heteroatoms. The Balaban J connectivity index is 1.22. The maximum atomic E-state index is 12.5. The van der Waals surface area contributed by atoms with Gasteiger partial charge in [0, 0.05) is 26.2 Å². The molecule has 2 heterocycles. The van der Waals surface area contributed by atoms with Crippen LogP contribution in [0.3, 0.4) is 0 Å². The molecule has 2 aliphatic rings. The summed E-state index contributed by atoms with van der Waals surface area (Å²) in [7, 11) is 0. The number of carbonyl (C=O) groups excluding carboxylic acids is 2. The molecule has 7 nitrogen and oxygen atoms in total. The molecule has 2 aliphatic heterocycles. The van der Waals surface area contributed by atoms with Crippen molar-refractivity contribution in [2.24, 2.45) is 11.7 Å². The highest BCUT2D eigenvalue weighted by Gasteiger charge is 2.25. The largest absolute Gasteiger partial charge is 0.493 e. The van der Waals surface area contributed by atoms with E-state index in [-0.39, 0.29) is 18.1 Å². The van der Waals surface area contributed by atoms with Crippen molar-refractivity contribution in [3.05, 3.63) is 54.1 Å². The zero-order valence-electron chi connectivity index (χ0n) is 21.5. The molecule has 2 amide bonds. The molecule has 2 aromatic rings. The van der Waals surface area contributed by atoms with E-state index in [4.69, 9.17) is 15.2 Å². The zero-order chi connectivity index (χ0) is 25.5. The van der Waals surface area contributed by atoms with Gasteiger partial charge in [-0.05, 0) is 80.7 Å². The lowest BCUT2D eigenvalue weighted by Crippen LogP contribution is -2.43. The molecule has 2 aromatic carbocycles. The Hall–Kier alpha value is -3.06. The van der Waals surface area contributed by atoms with Gasteiger partial charge >= 0.3 is 6.09 Å². The summed E-state index contributed by atoms with van der Waals surface area (Å²) in [5, 5.41) is 0. The minimum Gasteiger partial charge on any atom is -0.493 e. The first kappa shape index (κ1) is 26.0. The summed E-state index contributed by atoms with van der Waals surface area (Å²) < 4.78 is 11.3. The Labute approximate surface area is 214 Å². The van der Waals surface area contributed by atoms with Crippen LogP contribution in [0.4, 0.5) is 4.79 Å². The van der Waals surface area contributed by atoms with Crippen molar-refractivity contribution in [3.63, 3.8) is 0 Å². The third kappa shape index (κ3) is 7.00. The van der Waals surface area contributed by atoms with Crippen molar-refractivity contribution in [3.8, 4) is 16.9 Å². The van der Waals surface area contributed by atoms with E-state index < -0.39 is 6.04 Å². The summed E-state index contributed by atoms with van der Waals surface area (Å²) in [5.41, 5.74) is 9.49. The van der Waals surface area contributed by atoms with Crippen molar-refractivity contribution in [1.82, 2.24) is 9.80 Å². The molecule has 0 bridgehead atoms. The number of hydrogen-bond donors (Lipinski definition) is 1. The summed E-state index contributed by atoms with van der Waals surface area (Å²) in [6, 6.07) is 15.9. The Bertz CT molecular complexity index is 992. The number of carbonyl (C=O) groups is 2. The van der Waals surface area contributed by atoms with Crippen molar-refractivity contribution in [2.75, 3.05) is 32.8 Å². The van der Waals surface area contributed by atoms with E-state index in [1.165, 1.54) is 0 Å². The van der Waals surface area contributed by atoms with E-state index in [1.807, 2.05) is 30.9 Å². The molecule has 36 heavy (non-hydrogen) atoms. The molecule has 0 saturated carbocycles.